The summed E-state index contributed by atoms with van der Waals surface area (Å²) in [5, 5.41) is 3.75. The van der Waals surface area contributed by atoms with Gasteiger partial charge in [0.15, 0.2) is 5.76 Å². The van der Waals surface area contributed by atoms with Crippen molar-refractivity contribution in [3.8, 4) is 11.3 Å². The van der Waals surface area contributed by atoms with Gasteiger partial charge in [-0.1, -0.05) is 11.6 Å². The van der Waals surface area contributed by atoms with Gasteiger partial charge in [0.2, 0.25) is 5.89 Å². The molecule has 2 aromatic rings. The van der Waals surface area contributed by atoms with Gasteiger partial charge in [-0.3, -0.25) is 0 Å². The fourth-order valence-corrected chi connectivity index (χ4v) is 1.59. The monoisotopic (exact) mass is 236 g/mol. The van der Waals surface area contributed by atoms with Crippen molar-refractivity contribution in [2.45, 2.75) is 13.5 Å². The summed E-state index contributed by atoms with van der Waals surface area (Å²) in [7, 11) is 1.86. The topological polar surface area (TPSA) is 38.1 Å². The molecule has 16 heavy (non-hydrogen) atoms. The van der Waals surface area contributed by atoms with E-state index in [4.69, 9.17) is 16.0 Å². The number of halogens is 1. The molecule has 1 aromatic carbocycles. The lowest BCUT2D eigenvalue weighted by atomic mass is 10.1. The number of hydrogen-bond acceptors (Lipinski definition) is 3. The van der Waals surface area contributed by atoms with Crippen molar-refractivity contribution < 1.29 is 4.42 Å². The van der Waals surface area contributed by atoms with Crippen molar-refractivity contribution in [3.05, 3.63) is 40.9 Å². The molecule has 0 saturated carbocycles. The molecule has 0 amide bonds. The van der Waals surface area contributed by atoms with Crippen LogP contribution in [0.2, 0.25) is 5.02 Å². The number of hydrogen-bond donors (Lipinski definition) is 1. The molecule has 84 valence electrons. The molecular weight excluding hydrogens is 224 g/mol. The number of aromatic nitrogens is 1. The SMILES string of the molecule is CNCc1ncc(-c2ccc(Cl)c(C)c2)o1. The van der Waals surface area contributed by atoms with Gasteiger partial charge in [0.25, 0.3) is 0 Å². The van der Waals surface area contributed by atoms with Crippen LogP contribution in [0, 0.1) is 6.92 Å². The standard InChI is InChI=1S/C12H13ClN2O/c1-8-5-9(3-4-10(8)13)11-6-15-12(16-11)7-14-2/h3-6,14H,7H2,1-2H3. The van der Waals surface area contributed by atoms with Gasteiger partial charge in [-0.15, -0.1) is 0 Å². The van der Waals surface area contributed by atoms with Crippen molar-refractivity contribution >= 4 is 11.6 Å². The average molecular weight is 237 g/mol. The van der Waals surface area contributed by atoms with Crippen LogP contribution in [0.3, 0.4) is 0 Å². The summed E-state index contributed by atoms with van der Waals surface area (Å²) in [6, 6.07) is 5.79. The summed E-state index contributed by atoms with van der Waals surface area (Å²) in [6.07, 6.45) is 1.73. The van der Waals surface area contributed by atoms with Gasteiger partial charge < -0.3 is 9.73 Å². The summed E-state index contributed by atoms with van der Waals surface area (Å²) in [5.74, 6) is 1.45. The molecule has 0 aliphatic rings. The van der Waals surface area contributed by atoms with Gasteiger partial charge in [0, 0.05) is 10.6 Å². The lowest BCUT2D eigenvalue weighted by Gasteiger charge is -2.00. The predicted octanol–water partition coefficient (Wildman–Crippen LogP) is 3.02. The number of nitrogens with one attached hydrogen (secondary N) is 1. The van der Waals surface area contributed by atoms with Crippen LogP contribution in [0.4, 0.5) is 0 Å². The second-order valence-electron chi connectivity index (χ2n) is 3.61. The molecule has 3 nitrogen and oxygen atoms in total. The minimum atomic E-state index is 0.632. The molecular formula is C12H13ClN2O. The molecule has 0 bridgehead atoms. The zero-order valence-corrected chi connectivity index (χ0v) is 10.0. The van der Waals surface area contributed by atoms with Crippen LogP contribution in [-0.2, 0) is 6.54 Å². The third kappa shape index (κ3) is 2.26. The van der Waals surface area contributed by atoms with Gasteiger partial charge in [-0.2, -0.15) is 0 Å². The minimum Gasteiger partial charge on any atom is -0.439 e. The van der Waals surface area contributed by atoms with Crippen LogP contribution in [0.25, 0.3) is 11.3 Å². The Bertz CT molecular complexity index is 494. The Labute approximate surface area is 99.5 Å². The normalized spacial score (nSPS) is 10.7. The van der Waals surface area contributed by atoms with Gasteiger partial charge in [0.1, 0.15) is 0 Å². The van der Waals surface area contributed by atoms with Gasteiger partial charge in [0.05, 0.1) is 12.7 Å². The number of benzene rings is 1. The lowest BCUT2D eigenvalue weighted by molar-refractivity contribution is 0.491. The third-order valence-electron chi connectivity index (χ3n) is 2.32. The number of oxazole rings is 1. The number of nitrogens with zero attached hydrogens (tertiary/aromatic N) is 1. The highest BCUT2D eigenvalue weighted by Crippen LogP contribution is 2.25. The van der Waals surface area contributed by atoms with Crippen molar-refractivity contribution in [3.63, 3.8) is 0 Å². The molecule has 0 unspecified atom stereocenters. The van der Waals surface area contributed by atoms with Crippen LogP contribution >= 0.6 is 11.6 Å². The number of rotatable bonds is 3. The Morgan fingerprint density at radius 2 is 2.25 bits per heavy atom. The van der Waals surface area contributed by atoms with E-state index < -0.39 is 0 Å². The quantitative estimate of drug-likeness (QED) is 0.890. The van der Waals surface area contributed by atoms with E-state index in [0.717, 1.165) is 21.9 Å². The first-order valence-corrected chi connectivity index (χ1v) is 5.44. The largest absolute Gasteiger partial charge is 0.439 e. The lowest BCUT2D eigenvalue weighted by Crippen LogP contribution is -2.04. The van der Waals surface area contributed by atoms with Crippen LogP contribution < -0.4 is 5.32 Å². The summed E-state index contributed by atoms with van der Waals surface area (Å²) in [5.41, 5.74) is 2.03. The Kier molecular flexibility index (Phi) is 3.27. The van der Waals surface area contributed by atoms with E-state index in [1.54, 1.807) is 6.20 Å². The molecule has 0 aliphatic heterocycles. The summed E-state index contributed by atoms with van der Waals surface area (Å²) < 4.78 is 5.59. The minimum absolute atomic E-state index is 0.632. The van der Waals surface area contributed by atoms with E-state index >= 15 is 0 Å². The number of aryl methyl sites for hydroxylation is 1. The van der Waals surface area contributed by atoms with E-state index in [1.807, 2.05) is 32.2 Å². The van der Waals surface area contributed by atoms with E-state index in [2.05, 4.69) is 10.3 Å². The zero-order chi connectivity index (χ0) is 11.5. The van der Waals surface area contributed by atoms with E-state index in [0.29, 0.717) is 12.4 Å². The molecule has 4 heteroatoms. The first-order valence-electron chi connectivity index (χ1n) is 5.06. The summed E-state index contributed by atoms with van der Waals surface area (Å²) >= 11 is 5.97. The molecule has 0 fully saturated rings. The second kappa shape index (κ2) is 4.68. The van der Waals surface area contributed by atoms with Crippen LogP contribution in [-0.4, -0.2) is 12.0 Å². The molecule has 0 atom stereocenters. The zero-order valence-electron chi connectivity index (χ0n) is 9.25. The maximum atomic E-state index is 5.97. The van der Waals surface area contributed by atoms with Crippen molar-refractivity contribution in [2.75, 3.05) is 7.05 Å². The highest BCUT2D eigenvalue weighted by molar-refractivity contribution is 6.31. The Balaban J connectivity index is 2.31. The molecule has 0 spiro atoms. The van der Waals surface area contributed by atoms with Crippen molar-refractivity contribution in [1.29, 1.82) is 0 Å². The Morgan fingerprint density at radius 1 is 1.44 bits per heavy atom. The molecule has 1 aromatic heterocycles. The van der Waals surface area contributed by atoms with Crippen molar-refractivity contribution in [2.24, 2.45) is 0 Å². The van der Waals surface area contributed by atoms with Crippen LogP contribution in [0.15, 0.2) is 28.8 Å². The smallest absolute Gasteiger partial charge is 0.208 e. The molecule has 1 heterocycles. The Hall–Kier alpha value is -1.32. The Morgan fingerprint density at radius 3 is 2.94 bits per heavy atom. The van der Waals surface area contributed by atoms with Gasteiger partial charge >= 0.3 is 0 Å². The first kappa shape index (κ1) is 11.2. The highest BCUT2D eigenvalue weighted by Gasteiger charge is 2.06. The molecule has 2 rings (SSSR count). The highest BCUT2D eigenvalue weighted by atomic mass is 35.5. The van der Waals surface area contributed by atoms with Crippen molar-refractivity contribution in [1.82, 2.24) is 10.3 Å². The van der Waals surface area contributed by atoms with Gasteiger partial charge in [-0.05, 0) is 37.7 Å². The fraction of sp³-hybridized carbons (Fsp3) is 0.250. The van der Waals surface area contributed by atoms with E-state index in [-0.39, 0.29) is 0 Å². The average Bonchev–Trinajstić information content (AvgIpc) is 2.71. The first-order chi connectivity index (χ1) is 7.70. The van der Waals surface area contributed by atoms with Gasteiger partial charge in [-0.25, -0.2) is 4.98 Å². The molecule has 1 N–H and O–H groups in total. The van der Waals surface area contributed by atoms with E-state index in [1.165, 1.54) is 0 Å². The van der Waals surface area contributed by atoms with Crippen LogP contribution in [0.1, 0.15) is 11.5 Å². The molecule has 0 saturated heterocycles. The fourth-order valence-electron chi connectivity index (χ4n) is 1.47. The molecule has 0 radical (unpaired) electrons. The second-order valence-corrected chi connectivity index (χ2v) is 4.02. The third-order valence-corrected chi connectivity index (χ3v) is 2.75. The maximum absolute atomic E-state index is 5.97. The van der Waals surface area contributed by atoms with E-state index in [9.17, 15) is 0 Å². The molecule has 0 aliphatic carbocycles. The summed E-state index contributed by atoms with van der Waals surface area (Å²) in [4.78, 5) is 4.17. The maximum Gasteiger partial charge on any atom is 0.208 e. The predicted molar refractivity (Wildman–Crippen MR) is 64.4 cm³/mol. The van der Waals surface area contributed by atoms with Crippen LogP contribution in [0.5, 0.6) is 0 Å². The summed E-state index contributed by atoms with van der Waals surface area (Å²) in [6.45, 7) is 2.60.